The number of amides is 4. The van der Waals surface area contributed by atoms with Crippen molar-refractivity contribution in [2.45, 2.75) is 110 Å². The van der Waals surface area contributed by atoms with Crippen molar-refractivity contribution in [3.8, 4) is 0 Å². The topological polar surface area (TPSA) is 137 Å². The number of rotatable bonds is 10. The number of aliphatic hydroxyl groups is 1. The van der Waals surface area contributed by atoms with Crippen LogP contribution in [0.4, 0.5) is 13.6 Å². The smallest absolute Gasteiger partial charge is 0.407 e. The lowest BCUT2D eigenvalue weighted by Crippen LogP contribution is -2.61. The summed E-state index contributed by atoms with van der Waals surface area (Å²) in [4.78, 5) is 53.8. The molecule has 1 unspecified atom stereocenters. The number of alkyl halides is 2. The highest BCUT2D eigenvalue weighted by Gasteiger charge is 2.61. The SMILES string of the molecule is COC(=O)N[C@H](C(=O)N1C[C@@H]2CC(C)(C)[C@@H]2[C@H]1C(=O)N[C@@H](CCC(C)(F)F)C(O)C(=O)NC1CC1)C(C)(C)C. The Labute approximate surface area is 229 Å². The van der Waals surface area contributed by atoms with Gasteiger partial charge in [-0.25, -0.2) is 13.6 Å². The van der Waals surface area contributed by atoms with Gasteiger partial charge in [0.05, 0.1) is 13.2 Å². The van der Waals surface area contributed by atoms with Crippen LogP contribution in [-0.2, 0) is 19.1 Å². The second-order valence-corrected chi connectivity index (χ2v) is 13.3. The van der Waals surface area contributed by atoms with Crippen molar-refractivity contribution in [2.24, 2.45) is 22.7 Å². The summed E-state index contributed by atoms with van der Waals surface area (Å²) in [7, 11) is 1.19. The molecule has 4 amide bonds. The summed E-state index contributed by atoms with van der Waals surface area (Å²) in [5.41, 5.74) is -0.988. The third-order valence-electron chi connectivity index (χ3n) is 8.21. The molecule has 1 saturated heterocycles. The first kappa shape index (κ1) is 31.0. The van der Waals surface area contributed by atoms with Gasteiger partial charge >= 0.3 is 6.09 Å². The molecule has 2 saturated carbocycles. The van der Waals surface area contributed by atoms with Crippen molar-refractivity contribution >= 4 is 23.8 Å². The standard InChI is InChI=1S/C27H44F2N4O6/c1-25(2,3)20(32-24(38)39-7)23(37)33-13-14-12-26(4,5)17(14)18(33)21(35)31-16(10-11-27(6,28)29)19(34)22(36)30-15-8-9-15/h14-20,34H,8-13H2,1-7H3,(H,30,36)(H,31,35)(H,32,38)/t14-,16-,17-,18-,19?,20+/m0/s1. The maximum atomic E-state index is 13.9. The van der Waals surface area contributed by atoms with E-state index in [0.29, 0.717) is 6.54 Å². The number of methoxy groups -OCH3 is 1. The van der Waals surface area contributed by atoms with Gasteiger partial charge in [-0.3, -0.25) is 14.4 Å². The van der Waals surface area contributed by atoms with E-state index in [2.05, 4.69) is 16.0 Å². The third-order valence-corrected chi connectivity index (χ3v) is 8.21. The van der Waals surface area contributed by atoms with Crippen molar-refractivity contribution in [1.82, 2.24) is 20.9 Å². The number of carbonyl (C=O) groups excluding carboxylic acids is 4. The van der Waals surface area contributed by atoms with Gasteiger partial charge in [-0.1, -0.05) is 34.6 Å². The summed E-state index contributed by atoms with van der Waals surface area (Å²) >= 11 is 0. The second kappa shape index (κ2) is 11.2. The van der Waals surface area contributed by atoms with E-state index in [1.165, 1.54) is 12.0 Å². The second-order valence-electron chi connectivity index (χ2n) is 13.3. The van der Waals surface area contributed by atoms with Gasteiger partial charge in [0.2, 0.25) is 17.7 Å². The van der Waals surface area contributed by atoms with E-state index in [1.54, 1.807) is 20.8 Å². The van der Waals surface area contributed by atoms with Crippen LogP contribution in [0, 0.1) is 22.7 Å². The molecule has 3 fully saturated rings. The Morgan fingerprint density at radius 1 is 1.10 bits per heavy atom. The van der Waals surface area contributed by atoms with Crippen molar-refractivity contribution in [1.29, 1.82) is 0 Å². The summed E-state index contributed by atoms with van der Waals surface area (Å²) in [5.74, 6) is -5.03. The van der Waals surface area contributed by atoms with Gasteiger partial charge in [0.1, 0.15) is 12.1 Å². The van der Waals surface area contributed by atoms with Crippen LogP contribution in [0.2, 0.25) is 0 Å². The largest absolute Gasteiger partial charge is 0.453 e. The molecule has 0 spiro atoms. The molecule has 0 aromatic rings. The molecule has 0 aromatic heterocycles. The Morgan fingerprint density at radius 2 is 1.72 bits per heavy atom. The summed E-state index contributed by atoms with van der Waals surface area (Å²) in [5, 5.41) is 18.7. The predicted molar refractivity (Wildman–Crippen MR) is 139 cm³/mol. The van der Waals surface area contributed by atoms with Gasteiger partial charge in [0.15, 0.2) is 6.10 Å². The number of nitrogens with zero attached hydrogens (tertiary/aromatic N) is 1. The maximum absolute atomic E-state index is 13.9. The number of alkyl carbamates (subject to hydrolysis) is 1. The zero-order valence-electron chi connectivity index (χ0n) is 24.0. The van der Waals surface area contributed by atoms with Crippen LogP contribution in [0.3, 0.4) is 0 Å². The van der Waals surface area contributed by atoms with Crippen molar-refractivity contribution in [3.05, 3.63) is 0 Å². The van der Waals surface area contributed by atoms with Gasteiger partial charge < -0.3 is 30.7 Å². The zero-order valence-corrected chi connectivity index (χ0v) is 24.0. The number of likely N-dealkylation sites (tertiary alicyclic amines) is 1. The first-order valence-corrected chi connectivity index (χ1v) is 13.7. The van der Waals surface area contributed by atoms with E-state index < -0.39 is 65.8 Å². The Morgan fingerprint density at radius 3 is 2.21 bits per heavy atom. The fraction of sp³-hybridized carbons (Fsp3) is 0.852. The fourth-order valence-corrected chi connectivity index (χ4v) is 6.05. The highest BCUT2D eigenvalue weighted by molar-refractivity contribution is 5.93. The normalized spacial score (nSPS) is 26.4. The monoisotopic (exact) mass is 558 g/mol. The van der Waals surface area contributed by atoms with Crippen LogP contribution in [0.15, 0.2) is 0 Å². The lowest BCUT2D eigenvalue weighted by molar-refractivity contribution is -0.145. The number of hydrogen-bond donors (Lipinski definition) is 4. The zero-order chi connectivity index (χ0) is 29.5. The molecule has 0 aromatic carbocycles. The molecule has 3 rings (SSSR count). The van der Waals surface area contributed by atoms with Gasteiger partial charge in [-0.15, -0.1) is 0 Å². The molecule has 12 heteroatoms. The first-order chi connectivity index (χ1) is 17.9. The van der Waals surface area contributed by atoms with E-state index in [1.807, 2.05) is 13.8 Å². The molecular weight excluding hydrogens is 514 g/mol. The Bertz CT molecular complexity index is 959. The summed E-state index contributed by atoms with van der Waals surface area (Å²) in [6, 6.07) is -3.29. The Hall–Kier alpha value is -2.50. The average molecular weight is 559 g/mol. The van der Waals surface area contributed by atoms with E-state index in [9.17, 15) is 33.1 Å². The molecule has 1 aliphatic heterocycles. The van der Waals surface area contributed by atoms with E-state index >= 15 is 0 Å². The van der Waals surface area contributed by atoms with Crippen molar-refractivity contribution in [3.63, 3.8) is 0 Å². The predicted octanol–water partition coefficient (Wildman–Crippen LogP) is 2.19. The molecule has 1 heterocycles. The van der Waals surface area contributed by atoms with Crippen LogP contribution in [-0.4, -0.2) is 83.7 Å². The molecule has 222 valence electrons. The minimum Gasteiger partial charge on any atom is -0.453 e. The Kier molecular flexibility index (Phi) is 8.89. The van der Waals surface area contributed by atoms with Crippen LogP contribution in [0.1, 0.15) is 73.6 Å². The first-order valence-electron chi connectivity index (χ1n) is 13.7. The maximum Gasteiger partial charge on any atom is 0.407 e. The van der Waals surface area contributed by atoms with E-state index in [4.69, 9.17) is 4.74 Å². The van der Waals surface area contributed by atoms with E-state index in [0.717, 1.165) is 26.2 Å². The highest BCUT2D eigenvalue weighted by atomic mass is 19.3. The number of halogens is 2. The Balaban J connectivity index is 1.87. The molecule has 0 radical (unpaired) electrons. The van der Waals surface area contributed by atoms with Crippen LogP contribution < -0.4 is 16.0 Å². The third kappa shape index (κ3) is 7.37. The number of fused-ring (bicyclic) bond motifs is 1. The molecule has 10 nitrogen and oxygen atoms in total. The van der Waals surface area contributed by atoms with Crippen LogP contribution >= 0.6 is 0 Å². The molecule has 0 bridgehead atoms. The molecule has 4 N–H and O–H groups in total. The number of nitrogens with one attached hydrogen (secondary N) is 3. The number of ether oxygens (including phenoxy) is 1. The fourth-order valence-electron chi connectivity index (χ4n) is 6.05. The summed E-state index contributed by atoms with van der Waals surface area (Å²) in [6.45, 7) is 10.4. The number of carbonyl (C=O) groups is 4. The minimum atomic E-state index is -3.06. The van der Waals surface area contributed by atoms with Gasteiger partial charge in [0, 0.05) is 19.0 Å². The van der Waals surface area contributed by atoms with Gasteiger partial charge in [-0.2, -0.15) is 0 Å². The molecule has 2 aliphatic carbocycles. The van der Waals surface area contributed by atoms with Crippen molar-refractivity contribution < 1.29 is 37.8 Å². The van der Waals surface area contributed by atoms with Crippen LogP contribution in [0.25, 0.3) is 0 Å². The highest BCUT2D eigenvalue weighted by Crippen LogP contribution is 2.57. The quantitative estimate of drug-likeness (QED) is 0.325. The number of aliphatic hydroxyl groups excluding tert-OH is 1. The van der Waals surface area contributed by atoms with Crippen LogP contribution in [0.5, 0.6) is 0 Å². The van der Waals surface area contributed by atoms with E-state index in [-0.39, 0.29) is 29.7 Å². The minimum absolute atomic E-state index is 0.0416. The molecular formula is C27H44F2N4O6. The average Bonchev–Trinajstić information content (AvgIpc) is 3.56. The lowest BCUT2D eigenvalue weighted by Gasteiger charge is -2.49. The van der Waals surface area contributed by atoms with Gasteiger partial charge in [-0.05, 0) is 55.3 Å². The molecule has 6 atom stereocenters. The van der Waals surface area contributed by atoms with Gasteiger partial charge in [0.25, 0.3) is 5.91 Å². The summed E-state index contributed by atoms with van der Waals surface area (Å²) in [6.07, 6.45) is -1.16. The molecule has 39 heavy (non-hydrogen) atoms. The molecule has 3 aliphatic rings. The summed E-state index contributed by atoms with van der Waals surface area (Å²) < 4.78 is 32.2. The van der Waals surface area contributed by atoms with Crippen molar-refractivity contribution in [2.75, 3.05) is 13.7 Å². The number of hydrogen-bond acceptors (Lipinski definition) is 6. The lowest BCUT2D eigenvalue weighted by atomic mass is 9.55.